The molecule has 2 aromatic carbocycles. The summed E-state index contributed by atoms with van der Waals surface area (Å²) in [7, 11) is 0. The summed E-state index contributed by atoms with van der Waals surface area (Å²) in [5.74, 6) is -0.690. The molecule has 170 valence electrons. The fraction of sp³-hybridized carbons (Fsp3) is 0.500. The van der Waals surface area contributed by atoms with Crippen molar-refractivity contribution in [2.75, 3.05) is 19.6 Å². The molecule has 1 aliphatic rings. The van der Waals surface area contributed by atoms with Gasteiger partial charge in [0.2, 0.25) is 0 Å². The molecule has 1 aliphatic heterocycles. The molecule has 0 spiro atoms. The van der Waals surface area contributed by atoms with Gasteiger partial charge in [-0.3, -0.25) is 4.79 Å². The van der Waals surface area contributed by atoms with E-state index in [0.717, 1.165) is 51.7 Å². The number of benzene rings is 2. The summed E-state index contributed by atoms with van der Waals surface area (Å²) >= 11 is 0. The lowest BCUT2D eigenvalue weighted by Gasteiger charge is -2.34. The van der Waals surface area contributed by atoms with Gasteiger partial charge in [0.15, 0.2) is 0 Å². The third kappa shape index (κ3) is 8.29. The fourth-order valence-electron chi connectivity index (χ4n) is 4.08. The van der Waals surface area contributed by atoms with Gasteiger partial charge in [0, 0.05) is 19.5 Å². The normalized spacial score (nSPS) is 15.1. The molecule has 2 aromatic rings. The summed E-state index contributed by atoms with van der Waals surface area (Å²) in [5.41, 5.74) is 4.95. The average molecular weight is 446 g/mol. The van der Waals surface area contributed by atoms with E-state index in [4.69, 9.17) is 9.84 Å². The number of nitrogens with zero attached hydrogens (tertiary/aromatic N) is 1. The minimum Gasteiger partial charge on any atom is -0.481 e. The van der Waals surface area contributed by atoms with E-state index in [1.807, 2.05) is 0 Å². The summed E-state index contributed by atoms with van der Waals surface area (Å²) in [6.07, 6.45) is 5.46. The molecule has 5 heteroatoms. The number of rotatable bonds is 10. The molecule has 0 aliphatic carbocycles. The molecule has 1 N–H and O–H groups in total. The summed E-state index contributed by atoms with van der Waals surface area (Å²) in [4.78, 5) is 13.1. The van der Waals surface area contributed by atoms with Gasteiger partial charge in [0.05, 0.1) is 6.10 Å². The maximum absolute atomic E-state index is 10.6. The Labute approximate surface area is 193 Å². The molecule has 1 saturated heterocycles. The van der Waals surface area contributed by atoms with E-state index in [0.29, 0.717) is 0 Å². The number of carboxylic acid groups (broad SMARTS) is 1. The minimum atomic E-state index is -0.690. The lowest BCUT2D eigenvalue weighted by atomic mass is 9.98. The largest absolute Gasteiger partial charge is 0.481 e. The maximum Gasteiger partial charge on any atom is 0.303 e. The summed E-state index contributed by atoms with van der Waals surface area (Å²) in [6.45, 7) is 7.40. The molecule has 3 rings (SSSR count). The number of carbonyl (C=O) groups is 1. The van der Waals surface area contributed by atoms with Crippen LogP contribution in [0.3, 0.4) is 0 Å². The van der Waals surface area contributed by atoms with Crippen LogP contribution >= 0.6 is 12.4 Å². The van der Waals surface area contributed by atoms with Gasteiger partial charge in [-0.05, 0) is 57.2 Å². The molecule has 0 saturated carbocycles. The number of likely N-dealkylation sites (tertiary alicyclic amines) is 1. The van der Waals surface area contributed by atoms with E-state index < -0.39 is 5.97 Å². The van der Waals surface area contributed by atoms with Gasteiger partial charge in [-0.25, -0.2) is 0 Å². The highest BCUT2D eigenvalue weighted by atomic mass is 35.5. The zero-order valence-corrected chi connectivity index (χ0v) is 19.6. The van der Waals surface area contributed by atoms with Crippen LogP contribution in [0.15, 0.2) is 48.5 Å². The highest BCUT2D eigenvalue weighted by Gasteiger charge is 2.24. The van der Waals surface area contributed by atoms with Crippen LogP contribution in [-0.4, -0.2) is 41.7 Å². The van der Waals surface area contributed by atoms with Crippen molar-refractivity contribution >= 4 is 18.4 Å². The number of unbranched alkanes of at least 4 members (excludes halogenated alkanes) is 2. The number of hydrogen-bond donors (Lipinski definition) is 1. The van der Waals surface area contributed by atoms with Gasteiger partial charge in [0.25, 0.3) is 0 Å². The molecule has 31 heavy (non-hydrogen) atoms. The fourth-order valence-corrected chi connectivity index (χ4v) is 4.08. The van der Waals surface area contributed by atoms with Gasteiger partial charge in [-0.15, -0.1) is 12.4 Å². The highest BCUT2D eigenvalue weighted by Crippen LogP contribution is 2.30. The van der Waals surface area contributed by atoms with E-state index in [9.17, 15) is 4.79 Å². The van der Waals surface area contributed by atoms with Gasteiger partial charge in [0.1, 0.15) is 6.10 Å². The molecular weight excluding hydrogens is 410 g/mol. The predicted octanol–water partition coefficient (Wildman–Crippen LogP) is 5.94. The lowest BCUT2D eigenvalue weighted by molar-refractivity contribution is -0.137. The highest BCUT2D eigenvalue weighted by molar-refractivity contribution is 5.85. The molecular formula is C26H36ClNO3. The SMILES string of the molecule is Cc1ccc(C(OC2CCN(CCCCCC(=O)O)CC2)c2ccc(C)cc2)cc1.Cl. The summed E-state index contributed by atoms with van der Waals surface area (Å²) in [6, 6.07) is 17.4. The first kappa shape index (κ1) is 25.4. The van der Waals surface area contributed by atoms with Gasteiger partial charge < -0.3 is 14.7 Å². The molecule has 1 fully saturated rings. The quantitative estimate of drug-likeness (QED) is 0.459. The van der Waals surface area contributed by atoms with Gasteiger partial charge in [-0.1, -0.05) is 66.1 Å². The Morgan fingerprint density at radius 2 is 1.45 bits per heavy atom. The maximum atomic E-state index is 10.6. The van der Waals surface area contributed by atoms with E-state index in [2.05, 4.69) is 67.3 Å². The molecule has 4 nitrogen and oxygen atoms in total. The molecule has 0 unspecified atom stereocenters. The van der Waals surface area contributed by atoms with Gasteiger partial charge in [-0.2, -0.15) is 0 Å². The van der Waals surface area contributed by atoms with E-state index in [1.165, 1.54) is 22.3 Å². The third-order valence-corrected chi connectivity index (χ3v) is 5.99. The third-order valence-electron chi connectivity index (χ3n) is 5.99. The number of carboxylic acids is 1. The Kier molecular flexibility index (Phi) is 10.5. The second-order valence-corrected chi connectivity index (χ2v) is 8.58. The Bertz CT molecular complexity index is 738. The van der Waals surface area contributed by atoms with Crippen LogP contribution in [0.5, 0.6) is 0 Å². The topological polar surface area (TPSA) is 49.8 Å². The van der Waals surface area contributed by atoms with Crippen molar-refractivity contribution in [3.8, 4) is 0 Å². The van der Waals surface area contributed by atoms with Crippen molar-refractivity contribution in [1.82, 2.24) is 4.90 Å². The van der Waals surface area contributed by atoms with Crippen molar-refractivity contribution in [2.24, 2.45) is 0 Å². The van der Waals surface area contributed by atoms with E-state index in [-0.39, 0.29) is 31.0 Å². The number of piperidine rings is 1. The van der Waals surface area contributed by atoms with Crippen LogP contribution < -0.4 is 0 Å². The Balaban J connectivity index is 0.00000341. The molecule has 0 bridgehead atoms. The van der Waals surface area contributed by atoms with Crippen molar-refractivity contribution in [1.29, 1.82) is 0 Å². The summed E-state index contributed by atoms with van der Waals surface area (Å²) < 4.78 is 6.67. The van der Waals surface area contributed by atoms with Crippen LogP contribution in [0.4, 0.5) is 0 Å². The Hall–Kier alpha value is -1.88. The standard InChI is InChI=1S/C26H35NO3.ClH/c1-20-7-11-22(12-8-20)26(23-13-9-21(2)10-14-23)30-24-15-18-27(19-16-24)17-5-3-4-6-25(28)29;/h7-14,24,26H,3-6,15-19H2,1-2H3,(H,28,29);1H. The number of ether oxygens (including phenoxy) is 1. The average Bonchev–Trinajstić information content (AvgIpc) is 2.74. The van der Waals surface area contributed by atoms with Crippen LogP contribution in [0, 0.1) is 13.8 Å². The van der Waals surface area contributed by atoms with Gasteiger partial charge >= 0.3 is 5.97 Å². The Morgan fingerprint density at radius 1 is 0.935 bits per heavy atom. The van der Waals surface area contributed by atoms with Crippen LogP contribution in [0.1, 0.15) is 66.9 Å². The number of aliphatic carboxylic acids is 1. The van der Waals surface area contributed by atoms with Crippen LogP contribution in [0.2, 0.25) is 0 Å². The molecule has 0 atom stereocenters. The van der Waals surface area contributed by atoms with Crippen molar-refractivity contribution in [3.05, 3.63) is 70.8 Å². The molecule has 1 heterocycles. The van der Waals surface area contributed by atoms with E-state index >= 15 is 0 Å². The summed E-state index contributed by atoms with van der Waals surface area (Å²) in [5, 5.41) is 8.73. The first-order valence-electron chi connectivity index (χ1n) is 11.2. The lowest BCUT2D eigenvalue weighted by Crippen LogP contribution is -2.38. The molecule has 0 radical (unpaired) electrons. The second kappa shape index (κ2) is 12.8. The van der Waals surface area contributed by atoms with Crippen LogP contribution in [-0.2, 0) is 9.53 Å². The van der Waals surface area contributed by atoms with E-state index in [1.54, 1.807) is 0 Å². The minimum absolute atomic E-state index is 0. The smallest absolute Gasteiger partial charge is 0.303 e. The zero-order valence-electron chi connectivity index (χ0n) is 18.8. The van der Waals surface area contributed by atoms with Crippen molar-refractivity contribution in [3.63, 3.8) is 0 Å². The number of aryl methyl sites for hydroxylation is 2. The van der Waals surface area contributed by atoms with Crippen molar-refractivity contribution in [2.45, 2.75) is 64.6 Å². The second-order valence-electron chi connectivity index (χ2n) is 8.58. The monoisotopic (exact) mass is 445 g/mol. The number of halogens is 1. The first-order chi connectivity index (χ1) is 14.5. The molecule has 0 aromatic heterocycles. The van der Waals surface area contributed by atoms with Crippen molar-refractivity contribution < 1.29 is 14.6 Å². The number of hydrogen-bond acceptors (Lipinski definition) is 3. The molecule has 0 amide bonds. The zero-order chi connectivity index (χ0) is 21.3. The van der Waals surface area contributed by atoms with Crippen LogP contribution in [0.25, 0.3) is 0 Å². The Morgan fingerprint density at radius 3 is 1.94 bits per heavy atom. The predicted molar refractivity (Wildman–Crippen MR) is 128 cm³/mol. The first-order valence-corrected chi connectivity index (χ1v) is 11.2.